The van der Waals surface area contributed by atoms with E-state index in [0.717, 1.165) is 38.8 Å². The molecule has 3 rings (SSSR count). The number of hydrogen-bond acceptors (Lipinski definition) is 4. The molecule has 1 saturated heterocycles. The Kier molecular flexibility index (Phi) is 6.21. The van der Waals surface area contributed by atoms with Crippen molar-refractivity contribution in [2.75, 3.05) is 13.1 Å². The lowest BCUT2D eigenvalue weighted by molar-refractivity contribution is 0.00913. The molecule has 1 unspecified atom stereocenters. The lowest BCUT2D eigenvalue weighted by Gasteiger charge is -2.43. The van der Waals surface area contributed by atoms with Gasteiger partial charge in [0.05, 0.1) is 6.10 Å². The zero-order valence-electron chi connectivity index (χ0n) is 13.0. The molecule has 7 heteroatoms. The van der Waals surface area contributed by atoms with Gasteiger partial charge in [0.2, 0.25) is 5.56 Å². The predicted molar refractivity (Wildman–Crippen MR) is 89.9 cm³/mol. The van der Waals surface area contributed by atoms with Crippen LogP contribution in [0.15, 0.2) is 23.0 Å². The average molecular weight is 342 g/mol. The maximum atomic E-state index is 12.4. The van der Waals surface area contributed by atoms with Crippen molar-refractivity contribution >= 4 is 18.3 Å². The summed E-state index contributed by atoms with van der Waals surface area (Å²) in [5, 5.41) is 16.0. The minimum absolute atomic E-state index is 0. The summed E-state index contributed by atoms with van der Waals surface area (Å²) in [4.78, 5) is 26.3. The van der Waals surface area contributed by atoms with Gasteiger partial charge in [-0.2, -0.15) is 0 Å². The molecule has 2 aliphatic rings. The molecule has 0 spiro atoms. The van der Waals surface area contributed by atoms with Gasteiger partial charge in [-0.25, -0.2) is 0 Å². The van der Waals surface area contributed by atoms with Gasteiger partial charge in [0.1, 0.15) is 5.69 Å². The Morgan fingerprint density at radius 1 is 1.22 bits per heavy atom. The first kappa shape index (κ1) is 18.0. The van der Waals surface area contributed by atoms with Gasteiger partial charge in [0.25, 0.3) is 5.91 Å². The minimum Gasteiger partial charge on any atom is -0.393 e. The molecule has 2 heterocycles. The topological polar surface area (TPSA) is 94.2 Å². The second-order valence-electron chi connectivity index (χ2n) is 6.40. The summed E-state index contributed by atoms with van der Waals surface area (Å²) in [5.74, 6) is 0.526. The Hall–Kier alpha value is -1.37. The molecular formula is C16H24ClN3O3. The van der Waals surface area contributed by atoms with Gasteiger partial charge >= 0.3 is 0 Å². The summed E-state index contributed by atoms with van der Waals surface area (Å²) in [6.45, 7) is 1.93. The third-order valence-corrected chi connectivity index (χ3v) is 4.86. The molecule has 2 fully saturated rings. The number of rotatable bonds is 4. The number of halogens is 1. The molecule has 0 bridgehead atoms. The Morgan fingerprint density at radius 2 is 1.91 bits per heavy atom. The number of aliphatic hydroxyl groups excluding tert-OH is 1. The van der Waals surface area contributed by atoms with Crippen LogP contribution in [0.1, 0.15) is 36.2 Å². The van der Waals surface area contributed by atoms with E-state index in [4.69, 9.17) is 0 Å². The SMILES string of the molecule is Cl.O=C(NC(C1CCNCC1)C1CC(O)C1)c1cccc(=O)[nH]1. The number of pyridine rings is 1. The van der Waals surface area contributed by atoms with Gasteiger partial charge in [0.15, 0.2) is 0 Å². The number of aromatic amines is 1. The van der Waals surface area contributed by atoms with E-state index in [1.165, 1.54) is 6.07 Å². The quantitative estimate of drug-likeness (QED) is 0.647. The lowest BCUT2D eigenvalue weighted by Crippen LogP contribution is -2.53. The molecule has 6 nitrogen and oxygen atoms in total. The molecule has 1 amide bonds. The number of H-pyrrole nitrogens is 1. The molecule has 0 radical (unpaired) electrons. The Bertz CT molecular complexity index is 580. The summed E-state index contributed by atoms with van der Waals surface area (Å²) >= 11 is 0. The molecule has 1 aliphatic carbocycles. The van der Waals surface area contributed by atoms with Crippen molar-refractivity contribution in [3.05, 3.63) is 34.2 Å². The smallest absolute Gasteiger partial charge is 0.268 e. The second-order valence-corrected chi connectivity index (χ2v) is 6.40. The van der Waals surface area contributed by atoms with Crippen molar-refractivity contribution in [2.24, 2.45) is 11.8 Å². The number of nitrogens with one attached hydrogen (secondary N) is 3. The van der Waals surface area contributed by atoms with Gasteiger partial charge in [-0.1, -0.05) is 6.07 Å². The van der Waals surface area contributed by atoms with Crippen LogP contribution in [0.5, 0.6) is 0 Å². The highest BCUT2D eigenvalue weighted by molar-refractivity contribution is 5.92. The van der Waals surface area contributed by atoms with Gasteiger partial charge in [-0.05, 0) is 56.7 Å². The highest BCUT2D eigenvalue weighted by Gasteiger charge is 2.39. The zero-order valence-corrected chi connectivity index (χ0v) is 13.8. The largest absolute Gasteiger partial charge is 0.393 e. The fraction of sp³-hybridized carbons (Fsp3) is 0.625. The van der Waals surface area contributed by atoms with E-state index in [0.29, 0.717) is 17.5 Å². The lowest BCUT2D eigenvalue weighted by atomic mass is 9.71. The van der Waals surface area contributed by atoms with Crippen molar-refractivity contribution in [2.45, 2.75) is 37.8 Å². The average Bonchev–Trinajstić information content (AvgIpc) is 2.50. The number of amides is 1. The third-order valence-electron chi connectivity index (χ3n) is 4.86. The highest BCUT2D eigenvalue weighted by Crippen LogP contribution is 2.35. The van der Waals surface area contributed by atoms with E-state index in [2.05, 4.69) is 15.6 Å². The molecule has 23 heavy (non-hydrogen) atoms. The van der Waals surface area contributed by atoms with Crippen LogP contribution in [0.2, 0.25) is 0 Å². The zero-order chi connectivity index (χ0) is 15.5. The number of carbonyl (C=O) groups is 1. The first-order valence-corrected chi connectivity index (χ1v) is 8.02. The predicted octanol–water partition coefficient (Wildman–Crippen LogP) is 0.666. The van der Waals surface area contributed by atoms with Crippen LogP contribution in [0.4, 0.5) is 0 Å². The Labute approximate surface area is 141 Å². The Balaban J connectivity index is 0.00000192. The third kappa shape index (κ3) is 4.34. The maximum absolute atomic E-state index is 12.4. The number of carbonyl (C=O) groups excluding carboxylic acids is 1. The van der Waals surface area contributed by atoms with Gasteiger partial charge < -0.3 is 20.7 Å². The van der Waals surface area contributed by atoms with Crippen molar-refractivity contribution in [1.82, 2.24) is 15.6 Å². The second kappa shape index (κ2) is 7.95. The Morgan fingerprint density at radius 3 is 2.52 bits per heavy atom. The summed E-state index contributed by atoms with van der Waals surface area (Å²) in [6, 6.07) is 4.66. The molecule has 1 aromatic heterocycles. The molecule has 0 aromatic carbocycles. The molecule has 1 aromatic rings. The molecule has 128 valence electrons. The summed E-state index contributed by atoms with van der Waals surface area (Å²) < 4.78 is 0. The van der Waals surface area contributed by atoms with Crippen LogP contribution in [0, 0.1) is 11.8 Å². The van der Waals surface area contributed by atoms with Crippen LogP contribution in [-0.2, 0) is 0 Å². The van der Waals surface area contributed by atoms with E-state index in [1.54, 1.807) is 12.1 Å². The van der Waals surface area contributed by atoms with Crippen LogP contribution in [-0.4, -0.2) is 41.2 Å². The van der Waals surface area contributed by atoms with Gasteiger partial charge in [0, 0.05) is 12.1 Å². The monoisotopic (exact) mass is 341 g/mol. The summed E-state index contributed by atoms with van der Waals surface area (Å²) in [5.41, 5.74) is 0.0245. The molecule has 1 aliphatic heterocycles. The van der Waals surface area contributed by atoms with Crippen LogP contribution in [0.3, 0.4) is 0 Å². The highest BCUT2D eigenvalue weighted by atomic mass is 35.5. The molecule has 4 N–H and O–H groups in total. The van der Waals surface area contributed by atoms with Crippen molar-refractivity contribution < 1.29 is 9.90 Å². The van der Waals surface area contributed by atoms with Crippen LogP contribution < -0.4 is 16.2 Å². The van der Waals surface area contributed by atoms with E-state index in [-0.39, 0.29) is 36.0 Å². The number of aromatic nitrogens is 1. The number of piperidine rings is 1. The van der Waals surface area contributed by atoms with Crippen LogP contribution in [0.25, 0.3) is 0 Å². The van der Waals surface area contributed by atoms with E-state index in [1.807, 2.05) is 0 Å². The van der Waals surface area contributed by atoms with E-state index in [9.17, 15) is 14.7 Å². The summed E-state index contributed by atoms with van der Waals surface area (Å²) in [7, 11) is 0. The molecule has 1 saturated carbocycles. The van der Waals surface area contributed by atoms with Crippen molar-refractivity contribution in [1.29, 1.82) is 0 Å². The minimum atomic E-state index is -0.273. The van der Waals surface area contributed by atoms with Crippen LogP contribution >= 0.6 is 12.4 Å². The maximum Gasteiger partial charge on any atom is 0.268 e. The van der Waals surface area contributed by atoms with Crippen molar-refractivity contribution in [3.63, 3.8) is 0 Å². The normalized spacial score (nSPS) is 25.8. The molecule has 1 atom stereocenters. The first-order chi connectivity index (χ1) is 10.6. The fourth-order valence-electron chi connectivity index (χ4n) is 3.56. The summed E-state index contributed by atoms with van der Waals surface area (Å²) in [6.07, 6.45) is 3.33. The van der Waals surface area contributed by atoms with E-state index >= 15 is 0 Å². The number of aliphatic hydroxyl groups is 1. The number of hydrogen-bond donors (Lipinski definition) is 4. The standard InChI is InChI=1S/C16H23N3O3.ClH/c20-12-8-11(9-12)15(10-4-6-17-7-5-10)19-16(22)13-2-1-3-14(21)18-13;/h1-3,10-12,15,17,20H,4-9H2,(H,18,21)(H,19,22);1H. The van der Waals surface area contributed by atoms with Gasteiger partial charge in [-0.15, -0.1) is 12.4 Å². The first-order valence-electron chi connectivity index (χ1n) is 8.02. The van der Waals surface area contributed by atoms with E-state index < -0.39 is 0 Å². The molecular weight excluding hydrogens is 318 g/mol. The van der Waals surface area contributed by atoms with Gasteiger partial charge in [-0.3, -0.25) is 9.59 Å². The fourth-order valence-corrected chi connectivity index (χ4v) is 3.56. The van der Waals surface area contributed by atoms with Crippen molar-refractivity contribution in [3.8, 4) is 0 Å².